The number of thioether (sulfide) groups is 1. The summed E-state index contributed by atoms with van der Waals surface area (Å²) in [5.41, 5.74) is 1.36. The van der Waals surface area contributed by atoms with Gasteiger partial charge >= 0.3 is 5.97 Å². The standard InChI is InChI=1S/C20H25Cl2N3O3S/c1-29-20-23-16(12-28-10-9-25-7-3-2-4-8-25)17(19(26)27)18(24-20)13-5-6-14(21)15(22)11-13/h5-6,11,18H,2-4,7-10,12H2,1H3,(H,23,24)(H,26,27). The molecule has 3 rings (SSSR count). The molecule has 2 aliphatic rings. The van der Waals surface area contributed by atoms with E-state index in [1.54, 1.807) is 18.2 Å². The fraction of sp³-hybridized carbons (Fsp3) is 0.500. The van der Waals surface area contributed by atoms with E-state index in [-0.39, 0.29) is 12.2 Å². The Morgan fingerprint density at radius 2 is 2.07 bits per heavy atom. The molecule has 1 aromatic rings. The molecule has 158 valence electrons. The van der Waals surface area contributed by atoms with Crippen molar-refractivity contribution in [2.45, 2.75) is 25.3 Å². The maximum Gasteiger partial charge on any atom is 0.335 e. The predicted octanol–water partition coefficient (Wildman–Crippen LogP) is 4.20. The fourth-order valence-corrected chi connectivity index (χ4v) is 4.26. The molecule has 1 unspecified atom stereocenters. The molecule has 0 radical (unpaired) electrons. The van der Waals surface area contributed by atoms with Crippen molar-refractivity contribution in [1.82, 2.24) is 10.2 Å². The minimum absolute atomic E-state index is 0.166. The summed E-state index contributed by atoms with van der Waals surface area (Å²) in [6.07, 6.45) is 5.64. The zero-order valence-electron chi connectivity index (χ0n) is 16.3. The number of carbonyl (C=O) groups is 1. The highest BCUT2D eigenvalue weighted by molar-refractivity contribution is 8.13. The number of amidine groups is 1. The van der Waals surface area contributed by atoms with E-state index >= 15 is 0 Å². The third-order valence-electron chi connectivity index (χ3n) is 5.03. The van der Waals surface area contributed by atoms with Crippen LogP contribution in [0.5, 0.6) is 0 Å². The third kappa shape index (κ3) is 5.89. The van der Waals surface area contributed by atoms with Crippen molar-refractivity contribution in [3.05, 3.63) is 45.1 Å². The van der Waals surface area contributed by atoms with Gasteiger partial charge in [-0.2, -0.15) is 0 Å². The minimum Gasteiger partial charge on any atom is -0.478 e. The quantitative estimate of drug-likeness (QED) is 0.597. The molecular formula is C20H25Cl2N3O3S. The molecule has 0 amide bonds. The zero-order valence-corrected chi connectivity index (χ0v) is 18.6. The molecule has 1 atom stereocenters. The third-order valence-corrected chi connectivity index (χ3v) is 6.37. The van der Waals surface area contributed by atoms with Crippen LogP contribution in [0, 0.1) is 0 Å². The van der Waals surface area contributed by atoms with Crippen LogP contribution < -0.4 is 5.32 Å². The first-order valence-electron chi connectivity index (χ1n) is 9.59. The van der Waals surface area contributed by atoms with E-state index < -0.39 is 12.0 Å². The minimum atomic E-state index is -1.04. The van der Waals surface area contributed by atoms with Crippen LogP contribution in [0.3, 0.4) is 0 Å². The molecule has 2 heterocycles. The smallest absolute Gasteiger partial charge is 0.335 e. The van der Waals surface area contributed by atoms with Gasteiger partial charge in [0.25, 0.3) is 0 Å². The van der Waals surface area contributed by atoms with Crippen LogP contribution in [0.4, 0.5) is 0 Å². The van der Waals surface area contributed by atoms with Crippen LogP contribution in [0.1, 0.15) is 30.9 Å². The van der Waals surface area contributed by atoms with E-state index in [9.17, 15) is 9.90 Å². The van der Waals surface area contributed by atoms with E-state index in [2.05, 4.69) is 15.2 Å². The second kappa shape index (κ2) is 10.7. The molecule has 0 bridgehead atoms. The van der Waals surface area contributed by atoms with Crippen molar-refractivity contribution in [1.29, 1.82) is 0 Å². The Kier molecular flexibility index (Phi) is 8.26. The van der Waals surface area contributed by atoms with E-state index in [4.69, 9.17) is 27.9 Å². The molecule has 1 aromatic carbocycles. The number of halogens is 2. The van der Waals surface area contributed by atoms with Crippen molar-refractivity contribution in [2.75, 3.05) is 39.1 Å². The summed E-state index contributed by atoms with van der Waals surface area (Å²) >= 11 is 13.6. The number of aliphatic carboxylic acids is 1. The second-order valence-electron chi connectivity index (χ2n) is 6.99. The molecular weight excluding hydrogens is 433 g/mol. The van der Waals surface area contributed by atoms with Crippen LogP contribution in [-0.2, 0) is 9.53 Å². The molecule has 0 spiro atoms. The van der Waals surface area contributed by atoms with Gasteiger partial charge in [-0.15, -0.1) is 0 Å². The number of carboxylic acid groups (broad SMARTS) is 1. The van der Waals surface area contributed by atoms with Crippen molar-refractivity contribution in [3.63, 3.8) is 0 Å². The highest BCUT2D eigenvalue weighted by Crippen LogP contribution is 2.35. The number of rotatable bonds is 7. The SMILES string of the molecule is CSC1=NC(c2ccc(Cl)c(Cl)c2)C(C(=O)O)=C(COCCN2CCCCC2)N1. The maximum absolute atomic E-state index is 12.1. The van der Waals surface area contributed by atoms with Crippen molar-refractivity contribution >= 4 is 46.1 Å². The van der Waals surface area contributed by atoms with Gasteiger partial charge < -0.3 is 20.1 Å². The molecule has 9 heteroatoms. The van der Waals surface area contributed by atoms with Gasteiger partial charge in [-0.05, 0) is 49.9 Å². The van der Waals surface area contributed by atoms with Crippen LogP contribution in [0.15, 0.2) is 34.5 Å². The van der Waals surface area contributed by atoms with Crippen LogP contribution in [-0.4, -0.2) is 60.2 Å². The fourth-order valence-electron chi connectivity index (χ4n) is 3.51. The highest BCUT2D eigenvalue weighted by Gasteiger charge is 2.31. The Morgan fingerprint density at radius 1 is 1.31 bits per heavy atom. The lowest BCUT2D eigenvalue weighted by molar-refractivity contribution is -0.133. The number of carboxylic acids is 1. The monoisotopic (exact) mass is 457 g/mol. The van der Waals surface area contributed by atoms with Crippen molar-refractivity contribution in [3.8, 4) is 0 Å². The predicted molar refractivity (Wildman–Crippen MR) is 119 cm³/mol. The van der Waals surface area contributed by atoms with Gasteiger partial charge in [-0.1, -0.05) is 47.5 Å². The number of hydrogen-bond acceptors (Lipinski definition) is 6. The summed E-state index contributed by atoms with van der Waals surface area (Å²) in [4.78, 5) is 19.0. The van der Waals surface area contributed by atoms with Gasteiger partial charge in [0, 0.05) is 6.54 Å². The summed E-state index contributed by atoms with van der Waals surface area (Å²) < 4.78 is 5.84. The average molecular weight is 458 g/mol. The van der Waals surface area contributed by atoms with E-state index in [1.807, 2.05) is 6.26 Å². The molecule has 2 N–H and O–H groups in total. The number of hydrogen-bond donors (Lipinski definition) is 2. The Balaban J connectivity index is 1.76. The van der Waals surface area contributed by atoms with Crippen molar-refractivity contribution < 1.29 is 14.6 Å². The molecule has 0 saturated carbocycles. The average Bonchev–Trinajstić information content (AvgIpc) is 2.73. The number of nitrogens with one attached hydrogen (secondary N) is 1. The van der Waals surface area contributed by atoms with Gasteiger partial charge in [0.15, 0.2) is 5.17 Å². The Labute approximate surface area is 185 Å². The molecule has 1 fully saturated rings. The van der Waals surface area contributed by atoms with Crippen LogP contribution in [0.2, 0.25) is 10.0 Å². The lowest BCUT2D eigenvalue weighted by Crippen LogP contribution is -2.35. The van der Waals surface area contributed by atoms with Gasteiger partial charge in [0.2, 0.25) is 0 Å². The molecule has 0 aromatic heterocycles. The summed E-state index contributed by atoms with van der Waals surface area (Å²) in [7, 11) is 0. The topological polar surface area (TPSA) is 74.2 Å². The molecule has 29 heavy (non-hydrogen) atoms. The van der Waals surface area contributed by atoms with Gasteiger partial charge in [0.1, 0.15) is 6.04 Å². The Bertz CT molecular complexity index is 810. The highest BCUT2D eigenvalue weighted by atomic mass is 35.5. The summed E-state index contributed by atoms with van der Waals surface area (Å²) in [6, 6.07) is 4.40. The summed E-state index contributed by atoms with van der Waals surface area (Å²) in [6.45, 7) is 3.81. The van der Waals surface area contributed by atoms with Gasteiger partial charge in [0.05, 0.1) is 34.5 Å². The molecule has 2 aliphatic heterocycles. The molecule has 6 nitrogen and oxygen atoms in total. The van der Waals surface area contributed by atoms with E-state index in [0.717, 1.165) is 19.6 Å². The number of piperidine rings is 1. The molecule has 0 aliphatic carbocycles. The largest absolute Gasteiger partial charge is 0.478 e. The first-order valence-corrected chi connectivity index (χ1v) is 11.6. The molecule has 1 saturated heterocycles. The second-order valence-corrected chi connectivity index (χ2v) is 8.60. The van der Waals surface area contributed by atoms with Crippen LogP contribution in [0.25, 0.3) is 0 Å². The number of benzene rings is 1. The number of aliphatic imine (C=N–C) groups is 1. The first-order chi connectivity index (χ1) is 14.0. The van der Waals surface area contributed by atoms with Crippen LogP contribution >= 0.6 is 35.0 Å². The Hall–Kier alpha value is -1.25. The number of ether oxygens (including phenoxy) is 1. The maximum atomic E-state index is 12.1. The van der Waals surface area contributed by atoms with E-state index in [1.165, 1.54) is 31.0 Å². The zero-order chi connectivity index (χ0) is 20.8. The summed E-state index contributed by atoms with van der Waals surface area (Å²) in [5.74, 6) is -1.04. The number of nitrogens with zero attached hydrogens (tertiary/aromatic N) is 2. The Morgan fingerprint density at radius 3 is 2.72 bits per heavy atom. The van der Waals surface area contributed by atoms with Gasteiger partial charge in [-0.3, -0.25) is 0 Å². The normalized spacial score (nSPS) is 20.4. The number of likely N-dealkylation sites (tertiary alicyclic amines) is 1. The first kappa shape index (κ1) is 22.4. The van der Waals surface area contributed by atoms with Crippen molar-refractivity contribution in [2.24, 2.45) is 4.99 Å². The van der Waals surface area contributed by atoms with Gasteiger partial charge in [-0.25, -0.2) is 9.79 Å². The summed E-state index contributed by atoms with van der Waals surface area (Å²) in [5, 5.41) is 14.4. The lowest BCUT2D eigenvalue weighted by atomic mass is 9.96. The lowest BCUT2D eigenvalue weighted by Gasteiger charge is -2.27. The van der Waals surface area contributed by atoms with E-state index in [0.29, 0.717) is 33.1 Å².